The first-order valence-electron chi connectivity index (χ1n) is 9.97. The van der Waals surface area contributed by atoms with E-state index >= 15 is 0 Å². The highest BCUT2D eigenvalue weighted by molar-refractivity contribution is 5.88. The van der Waals surface area contributed by atoms with Crippen LogP contribution in [0.5, 0.6) is 5.75 Å². The molecule has 0 radical (unpaired) electrons. The fourth-order valence-electron chi connectivity index (χ4n) is 4.62. The molecule has 1 aromatic carbocycles. The number of carboxylic acid groups (broad SMARTS) is 1. The Balaban J connectivity index is 1.33. The average molecular weight is 391 g/mol. The molecule has 28 heavy (non-hydrogen) atoms. The van der Waals surface area contributed by atoms with E-state index in [0.29, 0.717) is 24.8 Å². The lowest BCUT2D eigenvalue weighted by Gasteiger charge is -2.41. The Morgan fingerprint density at radius 1 is 1.29 bits per heavy atom. The van der Waals surface area contributed by atoms with Crippen LogP contribution in [0.1, 0.15) is 49.4 Å². The first kappa shape index (κ1) is 19.3. The molecule has 4 rings (SSSR count). The molecule has 152 valence electrons. The molecule has 1 aromatic rings. The molecule has 0 unspecified atom stereocenters. The second-order valence-electron chi connectivity index (χ2n) is 8.19. The number of benzene rings is 1. The van der Waals surface area contributed by atoms with Crippen LogP contribution >= 0.6 is 0 Å². The number of likely N-dealkylation sites (tertiary alicyclic amines) is 1. The monoisotopic (exact) mass is 391 g/mol. The Morgan fingerprint density at radius 3 is 2.68 bits per heavy atom. The van der Waals surface area contributed by atoms with Gasteiger partial charge in [0.1, 0.15) is 23.3 Å². The number of carbonyl (C=O) groups is 2. The molecule has 6 nitrogen and oxygen atoms in total. The van der Waals surface area contributed by atoms with Gasteiger partial charge in [0.15, 0.2) is 5.78 Å². The first-order chi connectivity index (χ1) is 13.4. The summed E-state index contributed by atoms with van der Waals surface area (Å²) >= 11 is 0. The van der Waals surface area contributed by atoms with E-state index in [0.717, 1.165) is 44.7 Å². The Bertz CT molecular complexity index is 770. The number of carbonyl (C=O) groups excluding carboxylic acids is 1. The molecule has 7 heteroatoms. The molecular weight excluding hydrogens is 365 g/mol. The van der Waals surface area contributed by atoms with Gasteiger partial charge < -0.3 is 14.6 Å². The minimum absolute atomic E-state index is 0.0740. The summed E-state index contributed by atoms with van der Waals surface area (Å²) in [5.41, 5.74) is -0.943. The molecule has 2 heterocycles. The number of hydrogen-bond donors (Lipinski definition) is 1. The number of halogens is 1. The number of aromatic carboxylic acids is 1. The molecule has 0 spiro atoms. The minimum Gasteiger partial charge on any atom is -0.489 e. The smallest absolute Gasteiger partial charge is 0.338 e. The maximum Gasteiger partial charge on any atom is 0.338 e. The third-order valence-corrected chi connectivity index (χ3v) is 6.38. The molecule has 2 aliphatic heterocycles. The van der Waals surface area contributed by atoms with E-state index in [1.54, 1.807) is 6.92 Å². The molecule has 3 atom stereocenters. The van der Waals surface area contributed by atoms with Crippen molar-refractivity contribution in [3.05, 3.63) is 29.6 Å². The van der Waals surface area contributed by atoms with E-state index in [1.807, 2.05) is 0 Å². The Morgan fingerprint density at radius 2 is 2.07 bits per heavy atom. The normalized spacial score (nSPS) is 30.9. The molecule has 0 aromatic heterocycles. The third kappa shape index (κ3) is 3.65. The van der Waals surface area contributed by atoms with Gasteiger partial charge in [-0.25, -0.2) is 9.18 Å². The van der Waals surface area contributed by atoms with Crippen molar-refractivity contribution in [1.82, 2.24) is 4.90 Å². The Labute approximate surface area is 163 Å². The first-order valence-corrected chi connectivity index (χ1v) is 9.97. The zero-order valence-electron chi connectivity index (χ0n) is 16.0. The summed E-state index contributed by atoms with van der Waals surface area (Å²) < 4.78 is 25.6. The highest BCUT2D eigenvalue weighted by Gasteiger charge is 2.52. The largest absolute Gasteiger partial charge is 0.489 e. The second-order valence-corrected chi connectivity index (χ2v) is 8.19. The van der Waals surface area contributed by atoms with E-state index in [-0.39, 0.29) is 23.5 Å². The second kappa shape index (κ2) is 7.44. The third-order valence-electron chi connectivity index (χ3n) is 6.38. The van der Waals surface area contributed by atoms with Crippen LogP contribution in [0.25, 0.3) is 0 Å². The number of hydrogen-bond acceptors (Lipinski definition) is 5. The van der Waals surface area contributed by atoms with Crippen LogP contribution in [-0.4, -0.2) is 59.2 Å². The van der Waals surface area contributed by atoms with E-state index in [2.05, 4.69) is 4.90 Å². The van der Waals surface area contributed by atoms with Gasteiger partial charge >= 0.3 is 5.97 Å². The van der Waals surface area contributed by atoms with Gasteiger partial charge in [0, 0.05) is 19.1 Å². The minimum atomic E-state index is -1.31. The van der Waals surface area contributed by atoms with Crippen LogP contribution in [0.2, 0.25) is 0 Å². The van der Waals surface area contributed by atoms with Crippen LogP contribution in [0.3, 0.4) is 0 Å². The number of carboxylic acids is 1. The molecule has 3 aliphatic rings. The summed E-state index contributed by atoms with van der Waals surface area (Å²) in [5, 5.41) is 9.05. The van der Waals surface area contributed by atoms with Crippen molar-refractivity contribution >= 4 is 11.8 Å². The summed E-state index contributed by atoms with van der Waals surface area (Å²) in [6, 6.07) is 4.09. The number of nitrogens with zero attached hydrogens (tertiary/aromatic N) is 1. The predicted molar refractivity (Wildman–Crippen MR) is 99.1 cm³/mol. The highest BCUT2D eigenvalue weighted by Crippen LogP contribution is 2.47. The van der Waals surface area contributed by atoms with Gasteiger partial charge in [-0.3, -0.25) is 9.69 Å². The topological polar surface area (TPSA) is 76.1 Å². The number of rotatable bonds is 6. The van der Waals surface area contributed by atoms with Crippen molar-refractivity contribution in [3.8, 4) is 5.75 Å². The summed E-state index contributed by atoms with van der Waals surface area (Å²) in [4.78, 5) is 25.6. The van der Waals surface area contributed by atoms with Gasteiger partial charge in [0.25, 0.3) is 0 Å². The summed E-state index contributed by atoms with van der Waals surface area (Å²) in [5.74, 6) is -1.16. The van der Waals surface area contributed by atoms with Gasteiger partial charge in [0.05, 0.1) is 12.2 Å². The molecule has 1 aliphatic carbocycles. The van der Waals surface area contributed by atoms with Gasteiger partial charge in [-0.2, -0.15) is 0 Å². The fourth-order valence-corrected chi connectivity index (χ4v) is 4.62. The summed E-state index contributed by atoms with van der Waals surface area (Å²) in [6.45, 7) is 3.78. The lowest BCUT2D eigenvalue weighted by atomic mass is 9.84. The molecule has 0 bridgehead atoms. The van der Waals surface area contributed by atoms with Crippen molar-refractivity contribution in [2.45, 2.75) is 56.8 Å². The molecular formula is C21H26FNO5. The maximum atomic E-state index is 13.5. The Hall–Kier alpha value is -1.99. The van der Waals surface area contributed by atoms with Crippen molar-refractivity contribution in [2.75, 3.05) is 19.7 Å². The molecule has 2 saturated heterocycles. The molecule has 1 N–H and O–H groups in total. The van der Waals surface area contributed by atoms with E-state index in [9.17, 15) is 14.0 Å². The maximum absolute atomic E-state index is 13.5. The van der Waals surface area contributed by atoms with E-state index in [1.165, 1.54) is 12.1 Å². The number of ether oxygens (including phenoxy) is 2. The molecule has 1 saturated carbocycles. The summed E-state index contributed by atoms with van der Waals surface area (Å²) in [6.07, 6.45) is 4.62. The van der Waals surface area contributed by atoms with Crippen LogP contribution < -0.4 is 4.74 Å². The zero-order valence-corrected chi connectivity index (χ0v) is 16.0. The Kier molecular flexibility index (Phi) is 5.14. The average Bonchev–Trinajstić information content (AvgIpc) is 3.43. The lowest BCUT2D eigenvalue weighted by molar-refractivity contribution is -0.159. The van der Waals surface area contributed by atoms with E-state index < -0.39 is 17.4 Å². The number of ketones is 1. The zero-order chi connectivity index (χ0) is 19.9. The fraction of sp³-hybridized carbons (Fsp3) is 0.619. The standard InChI is InChI=1S/C21H26FNO5/c1-13(24)21(14-2-3-14)8-6-15(12-27-21)23-9-7-17(11-23)28-16-4-5-19(22)18(10-16)20(25)26/h4-5,10,14-15,17H,2-3,6-9,11-12H2,1H3,(H,25,26)/t15-,17+,21-/m1/s1. The summed E-state index contributed by atoms with van der Waals surface area (Å²) in [7, 11) is 0. The quantitative estimate of drug-likeness (QED) is 0.804. The predicted octanol–water partition coefficient (Wildman–Crippen LogP) is 2.89. The van der Waals surface area contributed by atoms with Gasteiger partial charge in [0.2, 0.25) is 0 Å². The van der Waals surface area contributed by atoms with Gasteiger partial charge in [-0.05, 0) is 63.1 Å². The number of Topliss-reactive ketones (excluding diaryl/α,β-unsaturated/α-hetero) is 1. The van der Waals surface area contributed by atoms with Gasteiger partial charge in [-0.15, -0.1) is 0 Å². The lowest BCUT2D eigenvalue weighted by Crippen LogP contribution is -2.52. The van der Waals surface area contributed by atoms with Crippen molar-refractivity contribution in [3.63, 3.8) is 0 Å². The van der Waals surface area contributed by atoms with Crippen LogP contribution in [-0.2, 0) is 9.53 Å². The van der Waals surface area contributed by atoms with Crippen LogP contribution in [0, 0.1) is 11.7 Å². The molecule has 0 amide bonds. The van der Waals surface area contributed by atoms with Gasteiger partial charge in [-0.1, -0.05) is 0 Å². The van der Waals surface area contributed by atoms with Crippen molar-refractivity contribution < 1.29 is 28.6 Å². The van der Waals surface area contributed by atoms with Crippen LogP contribution in [0.4, 0.5) is 4.39 Å². The SMILES string of the molecule is CC(=O)[C@@]1(C2CC2)CC[C@@H](N2CC[C@H](Oc3ccc(F)c(C(=O)O)c3)C2)CO1. The van der Waals surface area contributed by atoms with Crippen molar-refractivity contribution in [1.29, 1.82) is 0 Å². The highest BCUT2D eigenvalue weighted by atomic mass is 19.1. The van der Waals surface area contributed by atoms with E-state index in [4.69, 9.17) is 14.6 Å². The molecule has 3 fully saturated rings. The van der Waals surface area contributed by atoms with Crippen LogP contribution in [0.15, 0.2) is 18.2 Å². The van der Waals surface area contributed by atoms with Crippen molar-refractivity contribution in [2.24, 2.45) is 5.92 Å².